The number of Topliss-reactive ketones (excluding diaryl/α,β-unsaturated/α-hetero) is 1. The third-order valence-corrected chi connectivity index (χ3v) is 0.432. The second-order valence-electron chi connectivity index (χ2n) is 1.19. The molecule has 0 spiro atoms. The summed E-state index contributed by atoms with van der Waals surface area (Å²) in [6.07, 6.45) is 2.10. The van der Waals surface area contributed by atoms with Crippen molar-refractivity contribution in [2.75, 3.05) is 0 Å². The maximum absolute atomic E-state index is 9.97. The Kier molecular flexibility index (Phi) is 8.71. The van der Waals surface area contributed by atoms with Crippen molar-refractivity contribution < 1.29 is 24.3 Å². The summed E-state index contributed by atoms with van der Waals surface area (Å²) in [6.45, 7) is 4.92. The number of rotatable bonds is 2. The molecule has 1 nitrogen and oxygen atoms in total. The molecule has 0 aliphatic heterocycles. The number of hydrogen-bond acceptors (Lipinski definition) is 1. The number of allylic oxidation sites excluding steroid dienone is 1. The average molecular weight is 150 g/mol. The molecule has 0 aliphatic rings. The molecule has 0 bridgehead atoms. The first-order valence-corrected chi connectivity index (χ1v) is 1.87. The second kappa shape index (κ2) is 6.03. The van der Waals surface area contributed by atoms with Gasteiger partial charge in [-0.2, -0.15) is 0 Å². The van der Waals surface area contributed by atoms with Crippen molar-refractivity contribution in [1.82, 2.24) is 0 Å². The fraction of sp³-hybridized carbons (Fsp3) is 0.400. The summed E-state index contributed by atoms with van der Waals surface area (Å²) >= 11 is 0. The molecule has 36 valence electrons. The van der Waals surface area contributed by atoms with Crippen molar-refractivity contribution in [3.63, 3.8) is 0 Å². The van der Waals surface area contributed by atoms with E-state index in [-0.39, 0.29) is 25.3 Å². The molecular weight excluding hydrogens is 141 g/mol. The number of carbonyl (C=O) groups excluding carboxylic acids is 1. The minimum absolute atomic E-state index is 0. The van der Waals surface area contributed by atoms with Crippen LogP contribution in [0.15, 0.2) is 12.7 Å². The molecule has 0 aliphatic carbocycles. The Labute approximate surface area is 56.6 Å². The first kappa shape index (κ1) is 10.1. The van der Waals surface area contributed by atoms with Gasteiger partial charge in [-0.15, -0.1) is 6.58 Å². The smallest absolute Gasteiger partial charge is 0.133 e. The molecule has 0 saturated carbocycles. The maximum atomic E-state index is 9.97. The second-order valence-corrected chi connectivity index (χ2v) is 1.19. The van der Waals surface area contributed by atoms with Crippen LogP contribution < -0.4 is 0 Å². The van der Waals surface area contributed by atoms with Crippen molar-refractivity contribution >= 4 is 5.78 Å². The summed E-state index contributed by atoms with van der Waals surface area (Å²) in [6, 6.07) is 0. The van der Waals surface area contributed by atoms with E-state index >= 15 is 0 Å². The Morgan fingerprint density at radius 2 is 2.29 bits per heavy atom. The van der Waals surface area contributed by atoms with Crippen LogP contribution in [0.4, 0.5) is 0 Å². The van der Waals surface area contributed by atoms with E-state index in [2.05, 4.69) is 6.58 Å². The Morgan fingerprint density at radius 1 is 1.86 bits per heavy atom. The molecule has 0 fully saturated rings. The Balaban J connectivity index is 0. The molecule has 0 N–H and O–H groups in total. The normalized spacial score (nSPS) is 6.43. The summed E-state index contributed by atoms with van der Waals surface area (Å²) in [7, 11) is 0. The van der Waals surface area contributed by atoms with E-state index in [4.69, 9.17) is 0 Å². The maximum Gasteiger partial charge on any atom is 0.133 e. The average Bonchev–Trinajstić information content (AvgIpc) is 1.35. The van der Waals surface area contributed by atoms with Crippen LogP contribution >= 0.6 is 0 Å². The van der Waals surface area contributed by atoms with E-state index in [0.717, 1.165) is 0 Å². The van der Waals surface area contributed by atoms with E-state index in [1.165, 1.54) is 0 Å². The van der Waals surface area contributed by atoms with Gasteiger partial charge < -0.3 is 0 Å². The number of ketones is 1. The monoisotopic (exact) mass is 148 g/mol. The molecule has 0 aromatic heterocycles. The van der Waals surface area contributed by atoms with Gasteiger partial charge in [0, 0.05) is 25.9 Å². The van der Waals surface area contributed by atoms with Crippen molar-refractivity contribution in [1.29, 1.82) is 0 Å². The van der Waals surface area contributed by atoms with E-state index in [0.29, 0.717) is 6.42 Å². The molecular formula is C5H8OZn. The van der Waals surface area contributed by atoms with Crippen molar-refractivity contribution in [2.45, 2.75) is 13.3 Å². The summed E-state index contributed by atoms with van der Waals surface area (Å²) in [5, 5.41) is 0. The molecule has 0 atom stereocenters. The molecule has 0 amide bonds. The van der Waals surface area contributed by atoms with Crippen LogP contribution in [0.25, 0.3) is 0 Å². The van der Waals surface area contributed by atoms with Gasteiger partial charge in [0.25, 0.3) is 0 Å². The first-order valence-electron chi connectivity index (χ1n) is 1.87. The SMILES string of the molecule is C=CCC(C)=O.[Zn]. The molecule has 0 rings (SSSR count). The van der Waals surface area contributed by atoms with Crippen LogP contribution in [0.5, 0.6) is 0 Å². The molecule has 0 aromatic carbocycles. The van der Waals surface area contributed by atoms with E-state index < -0.39 is 0 Å². The molecule has 0 aromatic rings. The third-order valence-electron chi connectivity index (χ3n) is 0.432. The summed E-state index contributed by atoms with van der Waals surface area (Å²) in [5.74, 6) is 0.171. The molecule has 0 radical (unpaired) electrons. The standard InChI is InChI=1S/C5H8O.Zn/c1-3-4-5(2)6;/h3H,1,4H2,2H3;. The predicted molar refractivity (Wildman–Crippen MR) is 25.5 cm³/mol. The van der Waals surface area contributed by atoms with Gasteiger partial charge in [-0.25, -0.2) is 0 Å². The fourth-order valence-corrected chi connectivity index (χ4v) is 0.203. The topological polar surface area (TPSA) is 17.1 Å². The van der Waals surface area contributed by atoms with E-state index in [1.807, 2.05) is 0 Å². The van der Waals surface area contributed by atoms with Gasteiger partial charge in [-0.3, -0.25) is 4.79 Å². The largest absolute Gasteiger partial charge is 0.300 e. The number of hydrogen-bond donors (Lipinski definition) is 0. The van der Waals surface area contributed by atoms with Gasteiger partial charge in [0.2, 0.25) is 0 Å². The molecule has 7 heavy (non-hydrogen) atoms. The number of carbonyl (C=O) groups is 1. The van der Waals surface area contributed by atoms with Crippen LogP contribution in [-0.2, 0) is 24.3 Å². The molecule has 0 unspecified atom stereocenters. The summed E-state index contributed by atoms with van der Waals surface area (Å²) in [4.78, 5) is 9.97. The van der Waals surface area contributed by atoms with Crippen LogP contribution in [-0.4, -0.2) is 5.78 Å². The van der Waals surface area contributed by atoms with Gasteiger partial charge in [0.15, 0.2) is 0 Å². The van der Waals surface area contributed by atoms with Crippen molar-refractivity contribution in [3.05, 3.63) is 12.7 Å². The molecule has 0 saturated heterocycles. The summed E-state index contributed by atoms with van der Waals surface area (Å²) in [5.41, 5.74) is 0. The van der Waals surface area contributed by atoms with Crippen LogP contribution in [0, 0.1) is 0 Å². The Bertz CT molecular complexity index is 68.5. The Morgan fingerprint density at radius 3 is 2.29 bits per heavy atom. The van der Waals surface area contributed by atoms with Crippen LogP contribution in [0.3, 0.4) is 0 Å². The minimum atomic E-state index is 0. The quantitative estimate of drug-likeness (QED) is 0.425. The van der Waals surface area contributed by atoms with Crippen LogP contribution in [0.1, 0.15) is 13.3 Å². The van der Waals surface area contributed by atoms with Gasteiger partial charge in [0.05, 0.1) is 0 Å². The van der Waals surface area contributed by atoms with E-state index in [9.17, 15) is 4.79 Å². The molecule has 2 heteroatoms. The summed E-state index contributed by atoms with van der Waals surface area (Å²) < 4.78 is 0. The van der Waals surface area contributed by atoms with Gasteiger partial charge in [0.1, 0.15) is 5.78 Å². The zero-order valence-electron chi connectivity index (χ0n) is 4.61. The van der Waals surface area contributed by atoms with Crippen molar-refractivity contribution in [3.8, 4) is 0 Å². The van der Waals surface area contributed by atoms with Crippen molar-refractivity contribution in [2.24, 2.45) is 0 Å². The van der Waals surface area contributed by atoms with Crippen LogP contribution in [0.2, 0.25) is 0 Å². The predicted octanol–water partition coefficient (Wildman–Crippen LogP) is 1.15. The third kappa shape index (κ3) is 10.7. The fourth-order valence-electron chi connectivity index (χ4n) is 0.203. The zero-order chi connectivity index (χ0) is 4.99. The van der Waals surface area contributed by atoms with Gasteiger partial charge >= 0.3 is 0 Å². The first-order chi connectivity index (χ1) is 2.77. The minimum Gasteiger partial charge on any atom is -0.300 e. The van der Waals surface area contributed by atoms with Gasteiger partial charge in [-0.1, -0.05) is 6.08 Å². The van der Waals surface area contributed by atoms with E-state index in [1.54, 1.807) is 13.0 Å². The zero-order valence-corrected chi connectivity index (χ0v) is 7.57. The molecule has 0 heterocycles. The Hall–Kier alpha value is 0.0334. The van der Waals surface area contributed by atoms with Gasteiger partial charge in [-0.05, 0) is 6.92 Å².